The zero-order valence-electron chi connectivity index (χ0n) is 11.8. The Hall–Kier alpha value is -2.21. The molecular weight excluding hydrogens is 270 g/mol. The van der Waals surface area contributed by atoms with Crippen LogP contribution in [0.2, 0.25) is 0 Å². The average Bonchev–Trinajstić information content (AvgIpc) is 2.46. The van der Waals surface area contributed by atoms with Crippen LogP contribution in [-0.4, -0.2) is 40.3 Å². The molecule has 6 nitrogen and oxygen atoms in total. The molecule has 1 heterocycles. The summed E-state index contributed by atoms with van der Waals surface area (Å²) in [5, 5.41) is 13.2. The maximum Gasteiger partial charge on any atom is 0.374 e. The summed E-state index contributed by atoms with van der Waals surface area (Å²) in [6, 6.07) is 7.37. The van der Waals surface area contributed by atoms with Gasteiger partial charge in [0.25, 0.3) is 0 Å². The number of nitrogens with one attached hydrogen (secondary N) is 1. The third kappa shape index (κ3) is 2.54. The summed E-state index contributed by atoms with van der Waals surface area (Å²) in [6.07, 6.45) is 3.16. The van der Waals surface area contributed by atoms with Crippen molar-refractivity contribution >= 4 is 22.7 Å². The number of hydrogen-bond acceptors (Lipinski definition) is 5. The number of ether oxygens (including phenoxy) is 1. The maximum atomic E-state index is 11.1. The molecule has 0 unspecified atom stereocenters. The monoisotopic (exact) mass is 287 g/mol. The minimum Gasteiger partial charge on any atom is -0.475 e. The van der Waals surface area contributed by atoms with E-state index in [1.165, 1.54) is 0 Å². The van der Waals surface area contributed by atoms with Gasteiger partial charge in [-0.05, 0) is 31.4 Å². The lowest BCUT2D eigenvalue weighted by Gasteiger charge is -2.40. The molecule has 0 bridgehead atoms. The van der Waals surface area contributed by atoms with E-state index >= 15 is 0 Å². The van der Waals surface area contributed by atoms with Crippen LogP contribution in [0, 0.1) is 0 Å². The highest BCUT2D eigenvalue weighted by Gasteiger charge is 2.36. The fourth-order valence-electron chi connectivity index (χ4n) is 2.58. The number of anilines is 1. The molecule has 1 fully saturated rings. The van der Waals surface area contributed by atoms with Crippen LogP contribution in [0.1, 0.15) is 29.9 Å². The number of carboxylic acids is 1. The highest BCUT2D eigenvalue weighted by Crippen LogP contribution is 2.35. The van der Waals surface area contributed by atoms with Gasteiger partial charge in [0.2, 0.25) is 5.82 Å². The van der Waals surface area contributed by atoms with Crippen molar-refractivity contribution in [1.29, 1.82) is 0 Å². The first-order valence-electron chi connectivity index (χ1n) is 6.93. The van der Waals surface area contributed by atoms with E-state index in [0.29, 0.717) is 17.9 Å². The normalized spacial score (nSPS) is 16.4. The highest BCUT2D eigenvalue weighted by molar-refractivity contribution is 5.93. The number of nitrogens with zero attached hydrogens (tertiary/aromatic N) is 2. The fraction of sp³-hybridized carbons (Fsp3) is 0.400. The molecule has 1 saturated carbocycles. The maximum absolute atomic E-state index is 11.1. The van der Waals surface area contributed by atoms with Crippen LogP contribution < -0.4 is 5.32 Å². The Labute approximate surface area is 122 Å². The molecule has 1 aromatic carbocycles. The fourth-order valence-corrected chi connectivity index (χ4v) is 2.58. The average molecular weight is 287 g/mol. The smallest absolute Gasteiger partial charge is 0.374 e. The lowest BCUT2D eigenvalue weighted by atomic mass is 9.80. The van der Waals surface area contributed by atoms with Gasteiger partial charge in [0, 0.05) is 19.0 Å². The predicted molar refractivity (Wildman–Crippen MR) is 78.6 cm³/mol. The Balaban J connectivity index is 1.94. The van der Waals surface area contributed by atoms with E-state index in [1.54, 1.807) is 13.2 Å². The molecular formula is C15H17N3O3. The standard InChI is InChI=1S/C15H17N3O3/c1-21-15(7-4-8-15)9-16-12-10-5-2-3-6-11(10)17-13(18-12)14(19)20/h2-3,5-6H,4,7-9H2,1H3,(H,19,20)(H,16,17,18). The molecule has 0 aliphatic heterocycles. The number of rotatable bonds is 5. The lowest BCUT2D eigenvalue weighted by molar-refractivity contribution is -0.0601. The van der Waals surface area contributed by atoms with Crippen LogP contribution in [0.25, 0.3) is 10.9 Å². The summed E-state index contributed by atoms with van der Waals surface area (Å²) < 4.78 is 5.56. The molecule has 6 heteroatoms. The van der Waals surface area contributed by atoms with Gasteiger partial charge in [0.1, 0.15) is 5.82 Å². The summed E-state index contributed by atoms with van der Waals surface area (Å²) >= 11 is 0. The summed E-state index contributed by atoms with van der Waals surface area (Å²) in [5.41, 5.74) is 0.461. The van der Waals surface area contributed by atoms with Crippen molar-refractivity contribution < 1.29 is 14.6 Å². The Kier molecular flexibility index (Phi) is 3.47. The number of hydrogen-bond donors (Lipinski definition) is 2. The molecule has 110 valence electrons. The third-order valence-corrected chi connectivity index (χ3v) is 4.07. The van der Waals surface area contributed by atoms with Gasteiger partial charge in [-0.3, -0.25) is 0 Å². The van der Waals surface area contributed by atoms with Crippen molar-refractivity contribution in [3.8, 4) is 0 Å². The lowest BCUT2D eigenvalue weighted by Crippen LogP contribution is -2.45. The van der Waals surface area contributed by atoms with Crippen molar-refractivity contribution in [2.45, 2.75) is 24.9 Å². The minimum atomic E-state index is -1.13. The molecule has 1 aliphatic carbocycles. The van der Waals surface area contributed by atoms with Crippen molar-refractivity contribution in [3.05, 3.63) is 30.1 Å². The number of carboxylic acid groups (broad SMARTS) is 1. The third-order valence-electron chi connectivity index (χ3n) is 4.07. The van der Waals surface area contributed by atoms with E-state index in [-0.39, 0.29) is 11.4 Å². The molecule has 0 amide bonds. The SMILES string of the molecule is COC1(CNc2nc(C(=O)O)nc3ccccc23)CCC1. The minimum absolute atomic E-state index is 0.157. The van der Waals surface area contributed by atoms with Gasteiger partial charge in [-0.2, -0.15) is 0 Å². The van der Waals surface area contributed by atoms with E-state index in [0.717, 1.165) is 24.6 Å². The number of methoxy groups -OCH3 is 1. The number of aromatic nitrogens is 2. The molecule has 1 aromatic heterocycles. The van der Waals surface area contributed by atoms with Crippen molar-refractivity contribution in [2.24, 2.45) is 0 Å². The Morgan fingerprint density at radius 1 is 1.38 bits per heavy atom. The van der Waals surface area contributed by atoms with Crippen LogP contribution in [0.15, 0.2) is 24.3 Å². The largest absolute Gasteiger partial charge is 0.475 e. The first kappa shape index (κ1) is 13.8. The van der Waals surface area contributed by atoms with E-state index in [2.05, 4.69) is 15.3 Å². The zero-order chi connectivity index (χ0) is 14.9. The number of fused-ring (bicyclic) bond motifs is 1. The summed E-state index contributed by atoms with van der Waals surface area (Å²) in [7, 11) is 1.71. The number of aromatic carboxylic acids is 1. The Bertz CT molecular complexity index is 677. The van der Waals surface area contributed by atoms with Gasteiger partial charge >= 0.3 is 5.97 Å². The van der Waals surface area contributed by atoms with Crippen molar-refractivity contribution in [3.63, 3.8) is 0 Å². The molecule has 0 radical (unpaired) electrons. The first-order valence-corrected chi connectivity index (χ1v) is 6.93. The molecule has 1 aliphatic rings. The van der Waals surface area contributed by atoms with E-state index in [9.17, 15) is 4.79 Å². The van der Waals surface area contributed by atoms with Gasteiger partial charge < -0.3 is 15.2 Å². The number of benzene rings is 1. The second kappa shape index (κ2) is 5.29. The van der Waals surface area contributed by atoms with Gasteiger partial charge in [0.15, 0.2) is 0 Å². The van der Waals surface area contributed by atoms with Crippen molar-refractivity contribution in [2.75, 3.05) is 19.0 Å². The first-order chi connectivity index (χ1) is 10.1. The van der Waals surface area contributed by atoms with E-state index in [1.807, 2.05) is 18.2 Å². The zero-order valence-corrected chi connectivity index (χ0v) is 11.8. The van der Waals surface area contributed by atoms with Crippen LogP contribution >= 0.6 is 0 Å². The quantitative estimate of drug-likeness (QED) is 0.878. The molecule has 3 rings (SSSR count). The van der Waals surface area contributed by atoms with Gasteiger partial charge in [0.05, 0.1) is 11.1 Å². The van der Waals surface area contributed by atoms with Crippen LogP contribution in [-0.2, 0) is 4.74 Å². The van der Waals surface area contributed by atoms with E-state index < -0.39 is 5.97 Å². The van der Waals surface area contributed by atoms with Crippen LogP contribution in [0.4, 0.5) is 5.82 Å². The molecule has 0 spiro atoms. The molecule has 0 saturated heterocycles. The summed E-state index contributed by atoms with van der Waals surface area (Å²) in [5.74, 6) is -0.786. The van der Waals surface area contributed by atoms with Crippen LogP contribution in [0.5, 0.6) is 0 Å². The van der Waals surface area contributed by atoms with Gasteiger partial charge in [-0.15, -0.1) is 0 Å². The van der Waals surface area contributed by atoms with E-state index in [4.69, 9.17) is 9.84 Å². The molecule has 2 aromatic rings. The number of para-hydroxylation sites is 1. The van der Waals surface area contributed by atoms with Crippen LogP contribution in [0.3, 0.4) is 0 Å². The highest BCUT2D eigenvalue weighted by atomic mass is 16.5. The Morgan fingerprint density at radius 3 is 2.76 bits per heavy atom. The molecule has 2 N–H and O–H groups in total. The predicted octanol–water partition coefficient (Wildman–Crippen LogP) is 2.31. The van der Waals surface area contributed by atoms with Gasteiger partial charge in [-0.1, -0.05) is 12.1 Å². The summed E-state index contributed by atoms with van der Waals surface area (Å²) in [6.45, 7) is 0.615. The summed E-state index contributed by atoms with van der Waals surface area (Å²) in [4.78, 5) is 19.3. The Morgan fingerprint density at radius 2 is 2.14 bits per heavy atom. The van der Waals surface area contributed by atoms with Crippen molar-refractivity contribution in [1.82, 2.24) is 9.97 Å². The second-order valence-electron chi connectivity index (χ2n) is 5.31. The van der Waals surface area contributed by atoms with Gasteiger partial charge in [-0.25, -0.2) is 14.8 Å². The number of carbonyl (C=O) groups is 1. The molecule has 21 heavy (non-hydrogen) atoms. The second-order valence-corrected chi connectivity index (χ2v) is 5.31. The topological polar surface area (TPSA) is 84.3 Å². The molecule has 0 atom stereocenters.